The molecule has 2 fully saturated rings. The van der Waals surface area contributed by atoms with E-state index in [0.717, 1.165) is 0 Å². The minimum absolute atomic E-state index is 0.0670. The van der Waals surface area contributed by atoms with Crippen molar-refractivity contribution in [2.24, 2.45) is 5.92 Å². The number of nitrogens with one attached hydrogen (secondary N) is 1. The fourth-order valence-electron chi connectivity index (χ4n) is 3.75. The molecule has 30 heavy (non-hydrogen) atoms. The normalized spacial score (nSPS) is 22.3. The van der Waals surface area contributed by atoms with Gasteiger partial charge in [-0.15, -0.1) is 0 Å². The van der Waals surface area contributed by atoms with Gasteiger partial charge in [-0.05, 0) is 44.0 Å². The number of sulfone groups is 1. The summed E-state index contributed by atoms with van der Waals surface area (Å²) in [5.74, 6) is -1.88. The molecule has 0 bridgehead atoms. The number of piperidine rings is 1. The number of hydrogen-bond acceptors (Lipinski definition) is 5. The number of benzene rings is 1. The van der Waals surface area contributed by atoms with Gasteiger partial charge in [0.1, 0.15) is 11.9 Å². The lowest BCUT2D eigenvalue weighted by molar-refractivity contribution is -0.137. The molecule has 0 spiro atoms. The molecule has 8 nitrogen and oxygen atoms in total. The molecular formula is C20H26FN3O5S. The average molecular weight is 440 g/mol. The van der Waals surface area contributed by atoms with Gasteiger partial charge in [-0.1, -0.05) is 0 Å². The first-order chi connectivity index (χ1) is 14.2. The second-order valence-electron chi connectivity index (χ2n) is 7.80. The summed E-state index contributed by atoms with van der Waals surface area (Å²) in [7, 11) is -3.09. The van der Waals surface area contributed by atoms with Crippen LogP contribution in [0.3, 0.4) is 0 Å². The van der Waals surface area contributed by atoms with Crippen LogP contribution in [0.1, 0.15) is 30.1 Å². The van der Waals surface area contributed by atoms with E-state index in [-0.39, 0.29) is 48.9 Å². The van der Waals surface area contributed by atoms with Gasteiger partial charge < -0.3 is 15.1 Å². The Labute approximate surface area is 175 Å². The number of carbonyl (C=O) groups is 3. The largest absolute Gasteiger partial charge is 0.344 e. The number of likely N-dealkylation sites (tertiary alicyclic amines) is 1. The van der Waals surface area contributed by atoms with E-state index < -0.39 is 27.6 Å². The van der Waals surface area contributed by atoms with Gasteiger partial charge in [0.25, 0.3) is 5.91 Å². The highest BCUT2D eigenvalue weighted by Crippen LogP contribution is 2.19. The van der Waals surface area contributed by atoms with Crippen molar-refractivity contribution >= 4 is 27.6 Å². The predicted molar refractivity (Wildman–Crippen MR) is 108 cm³/mol. The summed E-state index contributed by atoms with van der Waals surface area (Å²) in [5.41, 5.74) is 0.362. The molecule has 3 rings (SSSR count). The van der Waals surface area contributed by atoms with Crippen LogP contribution in [-0.4, -0.2) is 79.7 Å². The molecule has 1 aromatic carbocycles. The highest BCUT2D eigenvalue weighted by molar-refractivity contribution is 7.91. The third kappa shape index (κ3) is 5.35. The quantitative estimate of drug-likeness (QED) is 0.733. The maximum absolute atomic E-state index is 13.1. The molecule has 2 atom stereocenters. The minimum atomic E-state index is -3.09. The number of rotatable bonds is 4. The molecule has 0 radical (unpaired) electrons. The third-order valence-electron chi connectivity index (χ3n) is 5.56. The average Bonchev–Trinajstić information content (AvgIpc) is 2.73. The third-order valence-corrected chi connectivity index (χ3v) is 7.17. The molecular weight excluding hydrogens is 413 g/mol. The lowest BCUT2D eigenvalue weighted by Crippen LogP contribution is -2.54. The second-order valence-corrected chi connectivity index (χ2v) is 10.1. The smallest absolute Gasteiger partial charge is 0.253 e. The Morgan fingerprint density at radius 1 is 1.07 bits per heavy atom. The van der Waals surface area contributed by atoms with E-state index in [1.807, 2.05) is 0 Å². The van der Waals surface area contributed by atoms with Crippen molar-refractivity contribution in [1.82, 2.24) is 15.1 Å². The Morgan fingerprint density at radius 3 is 2.33 bits per heavy atom. The van der Waals surface area contributed by atoms with Gasteiger partial charge in [-0.25, -0.2) is 12.8 Å². The summed E-state index contributed by atoms with van der Waals surface area (Å²) in [6.07, 6.45) is 1.25. The molecule has 2 saturated heterocycles. The first-order valence-electron chi connectivity index (χ1n) is 10.0. The van der Waals surface area contributed by atoms with E-state index in [4.69, 9.17) is 0 Å². The number of amides is 3. The van der Waals surface area contributed by atoms with Crippen molar-refractivity contribution in [3.8, 4) is 0 Å². The fraction of sp³-hybridized carbons (Fsp3) is 0.550. The molecule has 10 heteroatoms. The zero-order valence-electron chi connectivity index (χ0n) is 16.8. The van der Waals surface area contributed by atoms with Gasteiger partial charge >= 0.3 is 0 Å². The van der Waals surface area contributed by atoms with Crippen molar-refractivity contribution in [3.05, 3.63) is 35.6 Å². The summed E-state index contributed by atoms with van der Waals surface area (Å²) in [5, 5.41) is 2.71. The van der Waals surface area contributed by atoms with Crippen LogP contribution in [0.4, 0.5) is 4.39 Å². The lowest BCUT2D eigenvalue weighted by Gasteiger charge is -2.33. The fourth-order valence-corrected chi connectivity index (χ4v) is 4.95. The zero-order valence-corrected chi connectivity index (χ0v) is 17.7. The van der Waals surface area contributed by atoms with Crippen LogP contribution in [0.15, 0.2) is 24.3 Å². The monoisotopic (exact) mass is 439 g/mol. The van der Waals surface area contributed by atoms with Gasteiger partial charge in [0.2, 0.25) is 11.8 Å². The van der Waals surface area contributed by atoms with E-state index in [9.17, 15) is 27.2 Å². The van der Waals surface area contributed by atoms with Gasteiger partial charge in [0.15, 0.2) is 9.84 Å². The lowest BCUT2D eigenvalue weighted by atomic mass is 9.96. The van der Waals surface area contributed by atoms with E-state index in [2.05, 4.69) is 5.32 Å². The summed E-state index contributed by atoms with van der Waals surface area (Å²) >= 11 is 0. The van der Waals surface area contributed by atoms with Gasteiger partial charge in [0, 0.05) is 31.7 Å². The standard InChI is InChI=1S/C20H26FN3O5S/c1-14(19(26)23-9-11-30(28,29)12-10-23)22-18(25)16-3-2-8-24(13-16)20(27)15-4-6-17(21)7-5-15/h4-7,14,16H,2-3,8-13H2,1H3,(H,22,25). The highest BCUT2D eigenvalue weighted by Gasteiger charge is 2.32. The van der Waals surface area contributed by atoms with Crippen molar-refractivity contribution in [3.63, 3.8) is 0 Å². The highest BCUT2D eigenvalue weighted by atomic mass is 32.2. The van der Waals surface area contributed by atoms with E-state index in [1.54, 1.807) is 11.8 Å². The van der Waals surface area contributed by atoms with Crippen LogP contribution in [0.5, 0.6) is 0 Å². The zero-order chi connectivity index (χ0) is 21.9. The molecule has 164 valence electrons. The molecule has 1 aromatic rings. The van der Waals surface area contributed by atoms with Crippen molar-refractivity contribution in [2.75, 3.05) is 37.7 Å². The van der Waals surface area contributed by atoms with Crippen molar-refractivity contribution < 1.29 is 27.2 Å². The topological polar surface area (TPSA) is 104 Å². The van der Waals surface area contributed by atoms with Crippen LogP contribution in [0.2, 0.25) is 0 Å². The van der Waals surface area contributed by atoms with Gasteiger partial charge in [-0.3, -0.25) is 14.4 Å². The molecule has 0 aromatic heterocycles. The SMILES string of the molecule is CC(NC(=O)C1CCCN(C(=O)c2ccc(F)cc2)C1)C(=O)N1CCS(=O)(=O)CC1. The van der Waals surface area contributed by atoms with E-state index >= 15 is 0 Å². The van der Waals surface area contributed by atoms with E-state index in [0.29, 0.717) is 24.9 Å². The Bertz CT molecular complexity index is 905. The van der Waals surface area contributed by atoms with Crippen molar-refractivity contribution in [1.29, 1.82) is 0 Å². The second kappa shape index (κ2) is 9.11. The van der Waals surface area contributed by atoms with Crippen molar-refractivity contribution in [2.45, 2.75) is 25.8 Å². The number of nitrogens with zero attached hydrogens (tertiary/aromatic N) is 2. The molecule has 0 saturated carbocycles. The van der Waals surface area contributed by atoms with Gasteiger partial charge in [-0.2, -0.15) is 0 Å². The van der Waals surface area contributed by atoms with Gasteiger partial charge in [0.05, 0.1) is 17.4 Å². The molecule has 2 aliphatic heterocycles. The maximum Gasteiger partial charge on any atom is 0.253 e. The number of carbonyl (C=O) groups excluding carboxylic acids is 3. The summed E-state index contributed by atoms with van der Waals surface area (Å²) in [6.45, 7) is 2.57. The first kappa shape index (κ1) is 22.2. The molecule has 0 aliphatic carbocycles. The Balaban J connectivity index is 1.55. The van der Waals surface area contributed by atoms with Crippen LogP contribution < -0.4 is 5.32 Å². The Hall–Kier alpha value is -2.49. The Morgan fingerprint density at radius 2 is 1.70 bits per heavy atom. The number of hydrogen-bond donors (Lipinski definition) is 1. The van der Waals surface area contributed by atoms with Crippen LogP contribution in [0.25, 0.3) is 0 Å². The first-order valence-corrected chi connectivity index (χ1v) is 11.8. The Kier molecular flexibility index (Phi) is 6.74. The summed E-state index contributed by atoms with van der Waals surface area (Å²) < 4.78 is 36.1. The maximum atomic E-state index is 13.1. The van der Waals surface area contributed by atoms with Crippen LogP contribution >= 0.6 is 0 Å². The molecule has 2 heterocycles. The number of halogens is 1. The molecule has 3 amide bonds. The molecule has 1 N–H and O–H groups in total. The molecule has 2 unspecified atom stereocenters. The van der Waals surface area contributed by atoms with Crippen LogP contribution in [0, 0.1) is 11.7 Å². The molecule has 2 aliphatic rings. The predicted octanol–water partition coefficient (Wildman–Crippen LogP) is 0.440. The summed E-state index contributed by atoms with van der Waals surface area (Å²) in [4.78, 5) is 40.9. The van der Waals surface area contributed by atoms with Crippen LogP contribution in [-0.2, 0) is 19.4 Å². The van der Waals surface area contributed by atoms with E-state index in [1.165, 1.54) is 29.2 Å². The summed E-state index contributed by atoms with van der Waals surface area (Å²) in [6, 6.07) is 4.50. The minimum Gasteiger partial charge on any atom is -0.344 e.